The van der Waals surface area contributed by atoms with Crippen molar-refractivity contribution in [3.8, 4) is 10.6 Å². The number of aryl methyl sites for hydroxylation is 1. The standard InChI is InChI=1S/C15H19FN2S/c1-10(2)8-17-9-14-11(3)18-15(19-14)12-6-4-5-7-13(12)16/h4-7,10,17H,8-9H2,1-3H3. The van der Waals surface area contributed by atoms with E-state index in [1.165, 1.54) is 10.9 Å². The number of nitrogens with zero attached hydrogens (tertiary/aromatic N) is 1. The van der Waals surface area contributed by atoms with Crippen molar-refractivity contribution in [1.82, 2.24) is 10.3 Å². The summed E-state index contributed by atoms with van der Waals surface area (Å²) in [5, 5.41) is 4.16. The van der Waals surface area contributed by atoms with E-state index in [1.807, 2.05) is 13.0 Å². The van der Waals surface area contributed by atoms with E-state index in [4.69, 9.17) is 0 Å². The molecule has 0 saturated carbocycles. The lowest BCUT2D eigenvalue weighted by atomic mass is 10.2. The summed E-state index contributed by atoms with van der Waals surface area (Å²) in [4.78, 5) is 5.66. The SMILES string of the molecule is Cc1nc(-c2ccccc2F)sc1CNCC(C)C. The molecule has 2 rings (SSSR count). The van der Waals surface area contributed by atoms with Gasteiger partial charge in [-0.2, -0.15) is 0 Å². The molecule has 0 unspecified atom stereocenters. The van der Waals surface area contributed by atoms with Crippen molar-refractivity contribution >= 4 is 11.3 Å². The molecule has 1 heterocycles. The van der Waals surface area contributed by atoms with Crippen molar-refractivity contribution in [2.75, 3.05) is 6.54 Å². The van der Waals surface area contributed by atoms with Crippen molar-refractivity contribution in [1.29, 1.82) is 0 Å². The zero-order chi connectivity index (χ0) is 13.8. The van der Waals surface area contributed by atoms with E-state index in [2.05, 4.69) is 24.1 Å². The average Bonchev–Trinajstić information content (AvgIpc) is 2.71. The van der Waals surface area contributed by atoms with Gasteiger partial charge in [0.05, 0.1) is 5.69 Å². The Labute approximate surface area is 117 Å². The van der Waals surface area contributed by atoms with Gasteiger partial charge in [0.2, 0.25) is 0 Å². The van der Waals surface area contributed by atoms with E-state index in [-0.39, 0.29) is 5.82 Å². The van der Waals surface area contributed by atoms with Gasteiger partial charge in [-0.1, -0.05) is 26.0 Å². The van der Waals surface area contributed by atoms with Crippen molar-refractivity contribution in [3.05, 3.63) is 40.7 Å². The molecule has 0 atom stereocenters. The normalized spacial score (nSPS) is 11.2. The van der Waals surface area contributed by atoms with Gasteiger partial charge in [0.25, 0.3) is 0 Å². The Bertz CT molecular complexity index is 549. The van der Waals surface area contributed by atoms with Crippen LogP contribution >= 0.6 is 11.3 Å². The van der Waals surface area contributed by atoms with Gasteiger partial charge in [0.1, 0.15) is 10.8 Å². The zero-order valence-electron chi connectivity index (χ0n) is 11.5. The van der Waals surface area contributed by atoms with Gasteiger partial charge in [-0.05, 0) is 31.5 Å². The second-order valence-electron chi connectivity index (χ2n) is 5.03. The second kappa shape index (κ2) is 6.26. The number of hydrogen-bond acceptors (Lipinski definition) is 3. The first kappa shape index (κ1) is 14.2. The maximum atomic E-state index is 13.7. The van der Waals surface area contributed by atoms with Gasteiger partial charge in [-0.3, -0.25) is 0 Å². The Morgan fingerprint density at radius 2 is 2.05 bits per heavy atom. The molecule has 4 heteroatoms. The Balaban J connectivity index is 2.15. The molecule has 2 nitrogen and oxygen atoms in total. The van der Waals surface area contributed by atoms with E-state index in [0.29, 0.717) is 11.5 Å². The smallest absolute Gasteiger partial charge is 0.133 e. The summed E-state index contributed by atoms with van der Waals surface area (Å²) in [5.41, 5.74) is 1.57. The van der Waals surface area contributed by atoms with Crippen molar-refractivity contribution in [2.24, 2.45) is 5.92 Å². The summed E-state index contributed by atoms with van der Waals surface area (Å²) >= 11 is 1.56. The number of thiazole rings is 1. The fraction of sp³-hybridized carbons (Fsp3) is 0.400. The largest absolute Gasteiger partial charge is 0.312 e. The van der Waals surface area contributed by atoms with E-state index in [1.54, 1.807) is 23.5 Å². The van der Waals surface area contributed by atoms with Crippen molar-refractivity contribution in [2.45, 2.75) is 27.3 Å². The summed E-state index contributed by atoms with van der Waals surface area (Å²) in [5.74, 6) is 0.414. The summed E-state index contributed by atoms with van der Waals surface area (Å²) < 4.78 is 13.7. The first-order chi connectivity index (χ1) is 9.08. The second-order valence-corrected chi connectivity index (χ2v) is 6.12. The van der Waals surface area contributed by atoms with E-state index >= 15 is 0 Å². The van der Waals surface area contributed by atoms with Gasteiger partial charge < -0.3 is 5.32 Å². The number of benzene rings is 1. The molecule has 19 heavy (non-hydrogen) atoms. The van der Waals surface area contributed by atoms with E-state index < -0.39 is 0 Å². The Morgan fingerprint density at radius 1 is 1.32 bits per heavy atom. The highest BCUT2D eigenvalue weighted by atomic mass is 32.1. The number of halogens is 1. The molecule has 0 aliphatic rings. The first-order valence-corrected chi connectivity index (χ1v) is 7.31. The maximum Gasteiger partial charge on any atom is 0.133 e. The van der Waals surface area contributed by atoms with Crippen molar-refractivity contribution in [3.63, 3.8) is 0 Å². The molecular formula is C15H19FN2S. The highest BCUT2D eigenvalue weighted by Crippen LogP contribution is 2.29. The molecule has 1 N–H and O–H groups in total. The van der Waals surface area contributed by atoms with E-state index in [0.717, 1.165) is 23.8 Å². The molecule has 0 amide bonds. The van der Waals surface area contributed by atoms with Crippen LogP contribution in [0.3, 0.4) is 0 Å². The highest BCUT2D eigenvalue weighted by Gasteiger charge is 2.12. The van der Waals surface area contributed by atoms with Gasteiger partial charge in [-0.15, -0.1) is 11.3 Å². The van der Waals surface area contributed by atoms with Crippen LogP contribution in [-0.2, 0) is 6.54 Å². The highest BCUT2D eigenvalue weighted by molar-refractivity contribution is 7.15. The minimum Gasteiger partial charge on any atom is -0.312 e. The van der Waals surface area contributed by atoms with Gasteiger partial charge in [-0.25, -0.2) is 9.37 Å². The first-order valence-electron chi connectivity index (χ1n) is 6.50. The van der Waals surface area contributed by atoms with Crippen LogP contribution in [0.4, 0.5) is 4.39 Å². The number of aromatic nitrogens is 1. The van der Waals surface area contributed by atoms with Crippen LogP contribution in [0.2, 0.25) is 0 Å². The molecule has 0 fully saturated rings. The minimum atomic E-state index is -0.210. The Morgan fingerprint density at radius 3 is 2.74 bits per heavy atom. The lowest BCUT2D eigenvalue weighted by Crippen LogP contribution is -2.18. The van der Waals surface area contributed by atoms with Crippen LogP contribution in [0.5, 0.6) is 0 Å². The van der Waals surface area contributed by atoms with E-state index in [9.17, 15) is 4.39 Å². The third kappa shape index (κ3) is 3.61. The predicted molar refractivity (Wildman–Crippen MR) is 78.8 cm³/mol. The number of nitrogens with one attached hydrogen (secondary N) is 1. The summed E-state index contributed by atoms with van der Waals surface area (Å²) in [7, 11) is 0. The zero-order valence-corrected chi connectivity index (χ0v) is 12.4. The Kier molecular flexibility index (Phi) is 4.66. The molecule has 0 radical (unpaired) electrons. The third-order valence-electron chi connectivity index (χ3n) is 2.84. The lowest BCUT2D eigenvalue weighted by Gasteiger charge is -2.05. The summed E-state index contributed by atoms with van der Waals surface area (Å²) in [6, 6.07) is 6.79. The van der Waals surface area contributed by atoms with Crippen LogP contribution in [0.1, 0.15) is 24.4 Å². The number of hydrogen-bond donors (Lipinski definition) is 1. The molecule has 1 aromatic heterocycles. The molecule has 0 saturated heterocycles. The molecule has 0 bridgehead atoms. The maximum absolute atomic E-state index is 13.7. The average molecular weight is 278 g/mol. The van der Waals surface area contributed by atoms with Crippen LogP contribution in [0.15, 0.2) is 24.3 Å². The topological polar surface area (TPSA) is 24.9 Å². The molecule has 0 spiro atoms. The molecule has 0 aliphatic carbocycles. The van der Waals surface area contributed by atoms with Crippen LogP contribution in [0, 0.1) is 18.7 Å². The van der Waals surface area contributed by atoms with Gasteiger partial charge in [0.15, 0.2) is 0 Å². The summed E-state index contributed by atoms with van der Waals surface area (Å²) in [6.07, 6.45) is 0. The molecule has 0 aliphatic heterocycles. The van der Waals surface area contributed by atoms with Gasteiger partial charge in [0, 0.05) is 17.0 Å². The molecular weight excluding hydrogens is 259 g/mol. The predicted octanol–water partition coefficient (Wildman–Crippen LogP) is 4.00. The van der Waals surface area contributed by atoms with Gasteiger partial charge >= 0.3 is 0 Å². The summed E-state index contributed by atoms with van der Waals surface area (Å²) in [6.45, 7) is 8.12. The fourth-order valence-corrected chi connectivity index (χ4v) is 2.88. The van der Waals surface area contributed by atoms with Crippen LogP contribution < -0.4 is 5.32 Å². The number of rotatable bonds is 5. The van der Waals surface area contributed by atoms with Crippen LogP contribution in [0.25, 0.3) is 10.6 Å². The fourth-order valence-electron chi connectivity index (χ4n) is 1.82. The molecule has 2 aromatic rings. The molecule has 1 aromatic carbocycles. The minimum absolute atomic E-state index is 0.210. The third-order valence-corrected chi connectivity index (χ3v) is 4.03. The quantitative estimate of drug-likeness (QED) is 0.894. The monoisotopic (exact) mass is 278 g/mol. The van der Waals surface area contributed by atoms with Crippen LogP contribution in [-0.4, -0.2) is 11.5 Å². The molecule has 102 valence electrons. The van der Waals surface area contributed by atoms with Crippen molar-refractivity contribution < 1.29 is 4.39 Å². The lowest BCUT2D eigenvalue weighted by molar-refractivity contribution is 0.554. The Hall–Kier alpha value is -1.26.